The first kappa shape index (κ1) is 20.8. The van der Waals surface area contributed by atoms with Crippen molar-refractivity contribution in [2.75, 3.05) is 13.1 Å². The van der Waals surface area contributed by atoms with E-state index in [9.17, 15) is 27.2 Å². The maximum atomic E-state index is 12.9. The molecule has 0 radical (unpaired) electrons. The van der Waals surface area contributed by atoms with E-state index in [2.05, 4.69) is 0 Å². The van der Waals surface area contributed by atoms with Gasteiger partial charge in [0.25, 0.3) is 5.91 Å². The second kappa shape index (κ2) is 8.63. The van der Waals surface area contributed by atoms with Gasteiger partial charge in [0.1, 0.15) is 12.4 Å². The number of esters is 1. The SMILES string of the molecule is O=C(OCc1ccc(F)cc1)C1CCN(C(=O)c2ccc(C(F)(F)F)cc2)CC1. The van der Waals surface area contributed by atoms with Crippen LogP contribution < -0.4 is 0 Å². The van der Waals surface area contributed by atoms with Crippen molar-refractivity contribution in [3.63, 3.8) is 0 Å². The Morgan fingerprint density at radius 1 is 0.966 bits per heavy atom. The lowest BCUT2D eigenvalue weighted by atomic mass is 9.96. The maximum absolute atomic E-state index is 12.9. The van der Waals surface area contributed by atoms with Crippen LogP contribution in [0.25, 0.3) is 0 Å². The summed E-state index contributed by atoms with van der Waals surface area (Å²) in [6, 6.07) is 9.73. The number of amides is 1. The first-order valence-corrected chi connectivity index (χ1v) is 9.11. The van der Waals surface area contributed by atoms with Crippen LogP contribution in [0.15, 0.2) is 48.5 Å². The molecule has 0 unspecified atom stereocenters. The minimum Gasteiger partial charge on any atom is -0.461 e. The highest BCUT2D eigenvalue weighted by Crippen LogP contribution is 2.29. The molecule has 1 fully saturated rings. The smallest absolute Gasteiger partial charge is 0.416 e. The van der Waals surface area contributed by atoms with Gasteiger partial charge in [-0.3, -0.25) is 9.59 Å². The van der Waals surface area contributed by atoms with E-state index < -0.39 is 11.7 Å². The Kier molecular flexibility index (Phi) is 6.20. The summed E-state index contributed by atoms with van der Waals surface area (Å²) >= 11 is 0. The Hall–Kier alpha value is -2.90. The highest BCUT2D eigenvalue weighted by molar-refractivity contribution is 5.94. The van der Waals surface area contributed by atoms with Crippen LogP contribution >= 0.6 is 0 Å². The molecule has 154 valence electrons. The molecule has 8 heteroatoms. The number of carbonyl (C=O) groups excluding carboxylic acids is 2. The van der Waals surface area contributed by atoms with Gasteiger partial charge >= 0.3 is 12.1 Å². The normalized spacial score (nSPS) is 15.2. The number of benzene rings is 2. The molecule has 1 aliphatic rings. The maximum Gasteiger partial charge on any atom is 0.416 e. The van der Waals surface area contributed by atoms with Crippen LogP contribution in [0.1, 0.15) is 34.3 Å². The van der Waals surface area contributed by atoms with Gasteiger partial charge in [0.2, 0.25) is 0 Å². The molecule has 3 rings (SSSR count). The van der Waals surface area contributed by atoms with E-state index in [0.29, 0.717) is 31.5 Å². The lowest BCUT2D eigenvalue weighted by molar-refractivity contribution is -0.151. The first-order valence-electron chi connectivity index (χ1n) is 9.11. The van der Waals surface area contributed by atoms with Crippen LogP contribution in [0.2, 0.25) is 0 Å². The summed E-state index contributed by atoms with van der Waals surface area (Å²) in [6.07, 6.45) is -3.63. The van der Waals surface area contributed by atoms with E-state index in [4.69, 9.17) is 4.74 Å². The quantitative estimate of drug-likeness (QED) is 0.554. The molecule has 0 saturated carbocycles. The van der Waals surface area contributed by atoms with Crippen LogP contribution in [-0.2, 0) is 22.3 Å². The van der Waals surface area contributed by atoms with Crippen LogP contribution in [0.3, 0.4) is 0 Å². The molecule has 2 aromatic carbocycles. The van der Waals surface area contributed by atoms with Gasteiger partial charge in [-0.05, 0) is 54.8 Å². The second-order valence-corrected chi connectivity index (χ2v) is 6.88. The van der Waals surface area contributed by atoms with Gasteiger partial charge in [0, 0.05) is 18.7 Å². The van der Waals surface area contributed by atoms with Crippen LogP contribution in [-0.4, -0.2) is 29.9 Å². The Labute approximate surface area is 165 Å². The van der Waals surface area contributed by atoms with Crippen molar-refractivity contribution in [2.24, 2.45) is 5.92 Å². The van der Waals surface area contributed by atoms with Crippen LogP contribution in [0.4, 0.5) is 17.6 Å². The van der Waals surface area contributed by atoms with E-state index in [1.807, 2.05) is 0 Å². The lowest BCUT2D eigenvalue weighted by Gasteiger charge is -2.31. The molecule has 1 heterocycles. The molecule has 0 atom stereocenters. The van der Waals surface area contributed by atoms with E-state index in [1.54, 1.807) is 0 Å². The van der Waals surface area contributed by atoms with Gasteiger partial charge in [-0.2, -0.15) is 13.2 Å². The fourth-order valence-corrected chi connectivity index (χ4v) is 3.16. The number of piperidine rings is 1. The third-order valence-corrected chi connectivity index (χ3v) is 4.87. The molecule has 2 aromatic rings. The van der Waals surface area contributed by atoms with Gasteiger partial charge in [-0.15, -0.1) is 0 Å². The summed E-state index contributed by atoms with van der Waals surface area (Å²) < 4.78 is 56.0. The van der Waals surface area contributed by atoms with Crippen molar-refractivity contribution in [2.45, 2.75) is 25.6 Å². The third kappa shape index (κ3) is 5.34. The Balaban J connectivity index is 1.49. The van der Waals surface area contributed by atoms with Crippen LogP contribution in [0, 0.1) is 11.7 Å². The minimum atomic E-state index is -4.45. The van der Waals surface area contributed by atoms with Crippen molar-refractivity contribution in [1.29, 1.82) is 0 Å². The van der Waals surface area contributed by atoms with E-state index in [1.165, 1.54) is 29.2 Å². The molecule has 1 saturated heterocycles. The van der Waals surface area contributed by atoms with Crippen molar-refractivity contribution in [1.82, 2.24) is 4.90 Å². The van der Waals surface area contributed by atoms with Gasteiger partial charge in [0.05, 0.1) is 11.5 Å². The highest BCUT2D eigenvalue weighted by Gasteiger charge is 2.31. The summed E-state index contributed by atoms with van der Waals surface area (Å²) in [7, 11) is 0. The zero-order valence-electron chi connectivity index (χ0n) is 15.4. The third-order valence-electron chi connectivity index (χ3n) is 4.87. The number of rotatable bonds is 4. The summed E-state index contributed by atoms with van der Waals surface area (Å²) in [6.45, 7) is 0.677. The van der Waals surface area contributed by atoms with E-state index in [-0.39, 0.29) is 35.8 Å². The number of hydrogen-bond acceptors (Lipinski definition) is 3. The Morgan fingerprint density at radius 3 is 2.10 bits per heavy atom. The van der Waals surface area contributed by atoms with Gasteiger partial charge in [0.15, 0.2) is 0 Å². The average molecular weight is 409 g/mol. The topological polar surface area (TPSA) is 46.6 Å². The summed E-state index contributed by atoms with van der Waals surface area (Å²) in [5.74, 6) is -1.47. The minimum absolute atomic E-state index is 0.0454. The second-order valence-electron chi connectivity index (χ2n) is 6.88. The number of ether oxygens (including phenoxy) is 1. The zero-order valence-corrected chi connectivity index (χ0v) is 15.4. The molecule has 0 aromatic heterocycles. The molecule has 1 amide bonds. The zero-order chi connectivity index (χ0) is 21.0. The van der Waals surface area contributed by atoms with E-state index in [0.717, 1.165) is 24.3 Å². The highest BCUT2D eigenvalue weighted by atomic mass is 19.4. The predicted molar refractivity (Wildman–Crippen MR) is 96.3 cm³/mol. The number of hydrogen-bond donors (Lipinski definition) is 0. The number of alkyl halides is 3. The van der Waals surface area contributed by atoms with Crippen molar-refractivity contribution < 1.29 is 31.9 Å². The fourth-order valence-electron chi connectivity index (χ4n) is 3.16. The number of likely N-dealkylation sites (tertiary alicyclic amines) is 1. The van der Waals surface area contributed by atoms with Gasteiger partial charge in [-0.25, -0.2) is 4.39 Å². The number of nitrogens with zero attached hydrogens (tertiary/aromatic N) is 1. The molecule has 0 aliphatic carbocycles. The Bertz CT molecular complexity index is 855. The first-order chi connectivity index (χ1) is 13.7. The monoisotopic (exact) mass is 409 g/mol. The molecular formula is C21H19F4NO3. The molecule has 1 aliphatic heterocycles. The standard InChI is InChI=1S/C21H19F4NO3/c22-18-7-1-14(2-8-18)13-29-20(28)16-9-11-26(12-10-16)19(27)15-3-5-17(6-4-15)21(23,24)25/h1-8,16H,9-13H2. The Morgan fingerprint density at radius 2 is 1.55 bits per heavy atom. The number of carbonyl (C=O) groups is 2. The predicted octanol–water partition coefficient (Wildman–Crippen LogP) is 4.44. The number of halogens is 4. The summed E-state index contributed by atoms with van der Waals surface area (Å²) in [4.78, 5) is 26.2. The average Bonchev–Trinajstić information content (AvgIpc) is 2.72. The molecule has 0 N–H and O–H groups in total. The molecule has 29 heavy (non-hydrogen) atoms. The summed E-state index contributed by atoms with van der Waals surface area (Å²) in [5.41, 5.74) is 0.0432. The lowest BCUT2D eigenvalue weighted by Crippen LogP contribution is -2.40. The van der Waals surface area contributed by atoms with Gasteiger partial charge < -0.3 is 9.64 Å². The largest absolute Gasteiger partial charge is 0.461 e. The molecule has 0 bridgehead atoms. The van der Waals surface area contributed by atoms with Gasteiger partial charge in [-0.1, -0.05) is 12.1 Å². The van der Waals surface area contributed by atoms with Crippen molar-refractivity contribution in [3.05, 3.63) is 71.0 Å². The molecule has 4 nitrogen and oxygen atoms in total. The molecular weight excluding hydrogens is 390 g/mol. The van der Waals surface area contributed by atoms with E-state index >= 15 is 0 Å². The molecule has 0 spiro atoms. The van der Waals surface area contributed by atoms with Crippen LogP contribution in [0.5, 0.6) is 0 Å². The summed E-state index contributed by atoms with van der Waals surface area (Å²) in [5, 5.41) is 0. The fraction of sp³-hybridized carbons (Fsp3) is 0.333. The van der Waals surface area contributed by atoms with Crippen molar-refractivity contribution in [3.8, 4) is 0 Å². The van der Waals surface area contributed by atoms with Crippen molar-refractivity contribution >= 4 is 11.9 Å².